The summed E-state index contributed by atoms with van der Waals surface area (Å²) in [6.07, 6.45) is 3.60. The Morgan fingerprint density at radius 1 is 1.45 bits per heavy atom. The third kappa shape index (κ3) is 3.40. The predicted molar refractivity (Wildman–Crippen MR) is 82.8 cm³/mol. The minimum absolute atomic E-state index is 0.0301. The molecule has 1 aliphatic heterocycles. The van der Waals surface area contributed by atoms with Crippen molar-refractivity contribution < 1.29 is 4.39 Å². The van der Waals surface area contributed by atoms with Crippen molar-refractivity contribution in [3.63, 3.8) is 0 Å². The molecule has 2 nitrogen and oxygen atoms in total. The van der Waals surface area contributed by atoms with Crippen LogP contribution in [0.25, 0.3) is 0 Å². The second kappa shape index (κ2) is 7.21. The molecular formula is C16H22ClFN2. The van der Waals surface area contributed by atoms with Gasteiger partial charge in [-0.2, -0.15) is 0 Å². The van der Waals surface area contributed by atoms with Crippen LogP contribution in [-0.4, -0.2) is 31.1 Å². The molecule has 0 aromatic heterocycles. The van der Waals surface area contributed by atoms with Crippen LogP contribution >= 0.6 is 11.6 Å². The van der Waals surface area contributed by atoms with Crippen LogP contribution in [0.5, 0.6) is 0 Å². The number of piperazine rings is 1. The van der Waals surface area contributed by atoms with E-state index < -0.39 is 0 Å². The van der Waals surface area contributed by atoms with Crippen molar-refractivity contribution in [2.75, 3.05) is 26.2 Å². The van der Waals surface area contributed by atoms with Gasteiger partial charge in [0.1, 0.15) is 5.82 Å². The quantitative estimate of drug-likeness (QED) is 0.834. The summed E-state index contributed by atoms with van der Waals surface area (Å²) in [5.41, 5.74) is 1.58. The molecule has 1 aromatic rings. The zero-order valence-electron chi connectivity index (χ0n) is 12.0. The molecule has 1 atom stereocenters. The highest BCUT2D eigenvalue weighted by molar-refractivity contribution is 6.32. The average Bonchev–Trinajstić information content (AvgIpc) is 2.47. The van der Waals surface area contributed by atoms with Gasteiger partial charge in [0.05, 0.1) is 5.02 Å². The monoisotopic (exact) mass is 296 g/mol. The smallest absolute Gasteiger partial charge is 0.129 e. The number of halogens is 2. The summed E-state index contributed by atoms with van der Waals surface area (Å²) in [5, 5.41) is 3.90. The third-order valence-corrected chi connectivity index (χ3v) is 4.39. The van der Waals surface area contributed by atoms with Gasteiger partial charge in [0.15, 0.2) is 0 Å². The second-order valence-electron chi connectivity index (χ2n) is 5.26. The van der Waals surface area contributed by atoms with Gasteiger partial charge in [-0.05, 0) is 31.4 Å². The van der Waals surface area contributed by atoms with E-state index in [0.717, 1.165) is 44.6 Å². The number of hydrogen-bond acceptors (Lipinski definition) is 2. The molecule has 0 radical (unpaired) electrons. The number of nitrogens with zero attached hydrogens (tertiary/aromatic N) is 1. The fraction of sp³-hybridized carbons (Fsp3) is 0.500. The molecule has 1 saturated heterocycles. The summed E-state index contributed by atoms with van der Waals surface area (Å²) in [6, 6.07) is 3.30. The van der Waals surface area contributed by atoms with Gasteiger partial charge in [-0.1, -0.05) is 23.7 Å². The number of aryl methyl sites for hydroxylation is 1. The normalized spacial score (nSPS) is 17.9. The topological polar surface area (TPSA) is 15.3 Å². The molecule has 1 fully saturated rings. The van der Waals surface area contributed by atoms with Crippen LogP contribution in [0.1, 0.15) is 30.0 Å². The number of allylic oxidation sites excluding steroid dienone is 1. The van der Waals surface area contributed by atoms with E-state index in [9.17, 15) is 4.39 Å². The summed E-state index contributed by atoms with van der Waals surface area (Å²) < 4.78 is 14.3. The summed E-state index contributed by atoms with van der Waals surface area (Å²) in [7, 11) is 0. The number of benzene rings is 1. The first-order valence-corrected chi connectivity index (χ1v) is 7.53. The van der Waals surface area contributed by atoms with Crippen molar-refractivity contribution in [3.8, 4) is 0 Å². The Hall–Kier alpha value is -0.900. The lowest BCUT2D eigenvalue weighted by atomic mass is 9.97. The summed E-state index contributed by atoms with van der Waals surface area (Å²) in [4.78, 5) is 2.32. The summed E-state index contributed by atoms with van der Waals surface area (Å²) >= 11 is 6.38. The Kier molecular flexibility index (Phi) is 5.58. The molecule has 20 heavy (non-hydrogen) atoms. The van der Waals surface area contributed by atoms with E-state index in [-0.39, 0.29) is 11.9 Å². The van der Waals surface area contributed by atoms with Crippen LogP contribution in [-0.2, 0) is 0 Å². The zero-order chi connectivity index (χ0) is 14.5. The standard InChI is InChI=1S/C16H22ClFN2/c1-3-4-5-14(20-10-8-19-9-11-20)15-13(18)7-6-12(2)16(15)17/h3,6-7,14,19H,1,4-5,8-11H2,2H3/t14-/m0/s1. The van der Waals surface area contributed by atoms with Gasteiger partial charge in [-0.15, -0.1) is 6.58 Å². The fourth-order valence-electron chi connectivity index (χ4n) is 2.76. The molecular weight excluding hydrogens is 275 g/mol. The van der Waals surface area contributed by atoms with Gasteiger partial charge in [0.2, 0.25) is 0 Å². The SMILES string of the molecule is C=CCC[C@@H](c1c(F)ccc(C)c1Cl)N1CCNCC1. The summed E-state index contributed by atoms with van der Waals surface area (Å²) in [5.74, 6) is -0.201. The van der Waals surface area contributed by atoms with E-state index in [0.29, 0.717) is 10.6 Å². The lowest BCUT2D eigenvalue weighted by Crippen LogP contribution is -2.45. The van der Waals surface area contributed by atoms with Crippen LogP contribution in [0.3, 0.4) is 0 Å². The van der Waals surface area contributed by atoms with E-state index in [2.05, 4.69) is 16.8 Å². The Morgan fingerprint density at radius 3 is 2.80 bits per heavy atom. The number of rotatable bonds is 5. The maximum atomic E-state index is 14.3. The van der Waals surface area contributed by atoms with Gasteiger partial charge in [-0.3, -0.25) is 4.90 Å². The van der Waals surface area contributed by atoms with Gasteiger partial charge >= 0.3 is 0 Å². The van der Waals surface area contributed by atoms with Crippen LogP contribution in [0.4, 0.5) is 4.39 Å². The first-order chi connectivity index (χ1) is 9.65. The third-order valence-electron chi connectivity index (χ3n) is 3.89. The Morgan fingerprint density at radius 2 is 2.15 bits per heavy atom. The second-order valence-corrected chi connectivity index (χ2v) is 5.64. The van der Waals surface area contributed by atoms with Crippen molar-refractivity contribution in [2.45, 2.75) is 25.8 Å². The van der Waals surface area contributed by atoms with E-state index >= 15 is 0 Å². The number of nitrogens with one attached hydrogen (secondary N) is 1. The molecule has 0 unspecified atom stereocenters. The van der Waals surface area contributed by atoms with Gasteiger partial charge in [0.25, 0.3) is 0 Å². The van der Waals surface area contributed by atoms with E-state index in [1.54, 1.807) is 6.07 Å². The minimum atomic E-state index is -0.201. The van der Waals surface area contributed by atoms with E-state index in [1.165, 1.54) is 6.07 Å². The van der Waals surface area contributed by atoms with Crippen molar-refractivity contribution in [3.05, 3.63) is 46.8 Å². The molecule has 4 heteroatoms. The van der Waals surface area contributed by atoms with Gasteiger partial charge in [0, 0.05) is 37.8 Å². The van der Waals surface area contributed by atoms with E-state index in [4.69, 9.17) is 11.6 Å². The Balaban J connectivity index is 2.34. The molecule has 0 aliphatic carbocycles. The molecule has 0 saturated carbocycles. The maximum Gasteiger partial charge on any atom is 0.129 e. The lowest BCUT2D eigenvalue weighted by molar-refractivity contribution is 0.163. The first kappa shape index (κ1) is 15.5. The molecule has 0 amide bonds. The van der Waals surface area contributed by atoms with Crippen molar-refractivity contribution in [2.24, 2.45) is 0 Å². The molecule has 1 N–H and O–H groups in total. The molecule has 2 rings (SSSR count). The molecule has 0 bridgehead atoms. The molecule has 0 spiro atoms. The average molecular weight is 297 g/mol. The van der Waals surface area contributed by atoms with Crippen molar-refractivity contribution in [1.82, 2.24) is 10.2 Å². The van der Waals surface area contributed by atoms with Gasteiger partial charge < -0.3 is 5.32 Å². The highest BCUT2D eigenvalue weighted by atomic mass is 35.5. The Bertz CT molecular complexity index is 470. The molecule has 1 aromatic carbocycles. The number of hydrogen-bond donors (Lipinski definition) is 1. The maximum absolute atomic E-state index is 14.3. The highest BCUT2D eigenvalue weighted by Gasteiger charge is 2.26. The van der Waals surface area contributed by atoms with Gasteiger partial charge in [-0.25, -0.2) is 4.39 Å². The largest absolute Gasteiger partial charge is 0.314 e. The first-order valence-electron chi connectivity index (χ1n) is 7.15. The van der Waals surface area contributed by atoms with Crippen LogP contribution in [0, 0.1) is 12.7 Å². The zero-order valence-corrected chi connectivity index (χ0v) is 12.7. The molecule has 110 valence electrons. The predicted octanol–water partition coefficient (Wildman–Crippen LogP) is 3.70. The minimum Gasteiger partial charge on any atom is -0.314 e. The van der Waals surface area contributed by atoms with Crippen molar-refractivity contribution in [1.29, 1.82) is 0 Å². The van der Waals surface area contributed by atoms with Crippen LogP contribution in [0.15, 0.2) is 24.8 Å². The van der Waals surface area contributed by atoms with E-state index in [1.807, 2.05) is 13.0 Å². The highest BCUT2D eigenvalue weighted by Crippen LogP contribution is 2.35. The summed E-state index contributed by atoms with van der Waals surface area (Å²) in [6.45, 7) is 9.42. The molecule has 1 aliphatic rings. The molecule has 1 heterocycles. The van der Waals surface area contributed by atoms with Crippen molar-refractivity contribution >= 4 is 11.6 Å². The fourth-order valence-corrected chi connectivity index (χ4v) is 3.04. The van der Waals surface area contributed by atoms with Crippen LogP contribution in [0.2, 0.25) is 5.02 Å². The lowest BCUT2D eigenvalue weighted by Gasteiger charge is -2.36. The van der Waals surface area contributed by atoms with Crippen LogP contribution < -0.4 is 5.32 Å². The Labute approximate surface area is 125 Å².